The van der Waals surface area contributed by atoms with Gasteiger partial charge in [0.2, 0.25) is 5.95 Å². The highest BCUT2D eigenvalue weighted by Gasteiger charge is 2.23. The molecule has 0 atom stereocenters. The lowest BCUT2D eigenvalue weighted by atomic mass is 10.1. The summed E-state index contributed by atoms with van der Waals surface area (Å²) in [6.07, 6.45) is 3.70. The van der Waals surface area contributed by atoms with Gasteiger partial charge in [0.25, 0.3) is 5.91 Å². The Hall–Kier alpha value is -2.81. The van der Waals surface area contributed by atoms with Crippen LogP contribution in [0.25, 0.3) is 0 Å². The maximum Gasteiger partial charge on any atom is 0.253 e. The zero-order chi connectivity index (χ0) is 15.5. The predicted molar refractivity (Wildman–Crippen MR) is 82.5 cm³/mol. The molecular weight excluding hydrogens is 278 g/mol. The van der Waals surface area contributed by atoms with Crippen LogP contribution in [0.15, 0.2) is 36.7 Å². The second-order valence-electron chi connectivity index (χ2n) is 5.31. The maximum absolute atomic E-state index is 12.5. The van der Waals surface area contributed by atoms with Crippen molar-refractivity contribution in [3.05, 3.63) is 47.8 Å². The molecule has 6 heteroatoms. The Labute approximate surface area is 129 Å². The van der Waals surface area contributed by atoms with Gasteiger partial charge in [0.05, 0.1) is 11.6 Å². The molecule has 0 saturated carbocycles. The highest BCUT2D eigenvalue weighted by molar-refractivity contribution is 5.94. The van der Waals surface area contributed by atoms with E-state index in [0.29, 0.717) is 24.2 Å². The van der Waals surface area contributed by atoms with Crippen LogP contribution in [0.1, 0.15) is 15.9 Å². The van der Waals surface area contributed by atoms with Crippen LogP contribution < -0.4 is 4.90 Å². The van der Waals surface area contributed by atoms with Crippen molar-refractivity contribution in [3.63, 3.8) is 0 Å². The molecule has 1 saturated heterocycles. The molecule has 0 spiro atoms. The number of carbonyl (C=O) groups is 1. The van der Waals surface area contributed by atoms with Gasteiger partial charge in [0.15, 0.2) is 0 Å². The van der Waals surface area contributed by atoms with Crippen molar-refractivity contribution in [1.29, 1.82) is 5.26 Å². The molecule has 0 bridgehead atoms. The maximum atomic E-state index is 12.5. The largest absolute Gasteiger partial charge is 0.339 e. The minimum Gasteiger partial charge on any atom is -0.339 e. The van der Waals surface area contributed by atoms with Crippen LogP contribution in [-0.2, 0) is 7.05 Å². The second-order valence-corrected chi connectivity index (χ2v) is 5.31. The van der Waals surface area contributed by atoms with E-state index in [1.165, 1.54) is 0 Å². The average Bonchev–Trinajstić information content (AvgIpc) is 3.00. The molecule has 112 valence electrons. The number of nitrogens with zero attached hydrogens (tertiary/aromatic N) is 5. The van der Waals surface area contributed by atoms with Crippen molar-refractivity contribution in [2.75, 3.05) is 31.1 Å². The van der Waals surface area contributed by atoms with Gasteiger partial charge in [-0.05, 0) is 24.3 Å². The number of piperazine rings is 1. The summed E-state index contributed by atoms with van der Waals surface area (Å²) in [4.78, 5) is 20.8. The van der Waals surface area contributed by atoms with E-state index in [4.69, 9.17) is 5.26 Å². The molecule has 1 aromatic heterocycles. The van der Waals surface area contributed by atoms with E-state index in [1.807, 2.05) is 22.7 Å². The Morgan fingerprint density at radius 3 is 2.41 bits per heavy atom. The summed E-state index contributed by atoms with van der Waals surface area (Å²) in [5.41, 5.74) is 1.19. The molecule has 1 amide bonds. The molecule has 0 N–H and O–H groups in total. The summed E-state index contributed by atoms with van der Waals surface area (Å²) >= 11 is 0. The quantitative estimate of drug-likeness (QED) is 0.836. The summed E-state index contributed by atoms with van der Waals surface area (Å²) in [5, 5.41) is 8.80. The van der Waals surface area contributed by atoms with Gasteiger partial charge in [0, 0.05) is 51.2 Å². The van der Waals surface area contributed by atoms with Gasteiger partial charge < -0.3 is 14.4 Å². The predicted octanol–water partition coefficient (Wildman–Crippen LogP) is 1.25. The van der Waals surface area contributed by atoms with E-state index in [-0.39, 0.29) is 5.91 Å². The summed E-state index contributed by atoms with van der Waals surface area (Å²) in [7, 11) is 1.97. The SMILES string of the molecule is Cn1ccnc1N1CCN(C(=O)c2ccc(C#N)cc2)CC1. The zero-order valence-corrected chi connectivity index (χ0v) is 12.4. The number of anilines is 1. The number of rotatable bonds is 2. The van der Waals surface area contributed by atoms with E-state index in [0.717, 1.165) is 19.0 Å². The number of aromatic nitrogens is 2. The minimum atomic E-state index is 0.0176. The fraction of sp³-hybridized carbons (Fsp3) is 0.312. The van der Waals surface area contributed by atoms with Crippen molar-refractivity contribution in [2.45, 2.75) is 0 Å². The van der Waals surface area contributed by atoms with Gasteiger partial charge in [-0.3, -0.25) is 4.79 Å². The molecule has 1 aromatic carbocycles. The number of imidazole rings is 1. The lowest BCUT2D eigenvalue weighted by Crippen LogP contribution is -2.49. The van der Waals surface area contributed by atoms with E-state index >= 15 is 0 Å². The molecule has 0 radical (unpaired) electrons. The van der Waals surface area contributed by atoms with Gasteiger partial charge in [0.1, 0.15) is 0 Å². The Morgan fingerprint density at radius 1 is 1.18 bits per heavy atom. The van der Waals surface area contributed by atoms with Crippen LogP contribution in [0.3, 0.4) is 0 Å². The van der Waals surface area contributed by atoms with E-state index in [1.54, 1.807) is 30.5 Å². The van der Waals surface area contributed by atoms with E-state index < -0.39 is 0 Å². The van der Waals surface area contributed by atoms with Crippen LogP contribution in [-0.4, -0.2) is 46.5 Å². The fourth-order valence-electron chi connectivity index (χ4n) is 2.64. The molecule has 3 rings (SSSR count). The van der Waals surface area contributed by atoms with Crippen molar-refractivity contribution in [3.8, 4) is 6.07 Å². The van der Waals surface area contributed by atoms with Crippen LogP contribution in [0.2, 0.25) is 0 Å². The first kappa shape index (κ1) is 14.1. The zero-order valence-electron chi connectivity index (χ0n) is 12.4. The molecule has 6 nitrogen and oxygen atoms in total. The Bertz CT molecular complexity index is 705. The lowest BCUT2D eigenvalue weighted by molar-refractivity contribution is 0.0746. The molecule has 1 aliphatic heterocycles. The fourth-order valence-corrected chi connectivity index (χ4v) is 2.64. The molecule has 1 fully saturated rings. The molecule has 22 heavy (non-hydrogen) atoms. The summed E-state index contributed by atoms with van der Waals surface area (Å²) in [5.74, 6) is 0.953. The molecule has 1 aliphatic rings. The van der Waals surface area contributed by atoms with E-state index in [2.05, 4.69) is 16.0 Å². The first-order valence-electron chi connectivity index (χ1n) is 7.21. The number of benzene rings is 1. The number of hydrogen-bond acceptors (Lipinski definition) is 4. The highest BCUT2D eigenvalue weighted by atomic mass is 16.2. The molecule has 2 aromatic rings. The number of nitriles is 1. The smallest absolute Gasteiger partial charge is 0.253 e. The van der Waals surface area contributed by atoms with Crippen LogP contribution in [0.4, 0.5) is 5.95 Å². The topological polar surface area (TPSA) is 65.2 Å². The number of carbonyl (C=O) groups excluding carboxylic acids is 1. The Balaban J connectivity index is 1.64. The van der Waals surface area contributed by atoms with Crippen LogP contribution in [0, 0.1) is 11.3 Å². The summed E-state index contributed by atoms with van der Waals surface area (Å²) < 4.78 is 1.98. The molecular formula is C16H17N5O. The second kappa shape index (κ2) is 5.90. The Kier molecular flexibility index (Phi) is 3.79. The third-order valence-corrected chi connectivity index (χ3v) is 3.91. The van der Waals surface area contributed by atoms with Crippen molar-refractivity contribution >= 4 is 11.9 Å². The van der Waals surface area contributed by atoms with Crippen molar-refractivity contribution in [1.82, 2.24) is 14.5 Å². The third-order valence-electron chi connectivity index (χ3n) is 3.91. The van der Waals surface area contributed by atoms with Gasteiger partial charge in [-0.1, -0.05) is 0 Å². The number of amides is 1. The van der Waals surface area contributed by atoms with Crippen molar-refractivity contribution < 1.29 is 4.79 Å². The first-order valence-corrected chi connectivity index (χ1v) is 7.21. The van der Waals surface area contributed by atoms with Gasteiger partial charge in [-0.15, -0.1) is 0 Å². The molecule has 0 unspecified atom stereocenters. The lowest BCUT2D eigenvalue weighted by Gasteiger charge is -2.35. The standard InChI is InChI=1S/C16H17N5O/c1-19-7-6-18-16(19)21-10-8-20(9-11-21)15(22)14-4-2-13(12-17)3-5-14/h2-7H,8-11H2,1H3. The normalized spacial score (nSPS) is 14.7. The van der Waals surface area contributed by atoms with Crippen LogP contribution in [0.5, 0.6) is 0 Å². The van der Waals surface area contributed by atoms with E-state index in [9.17, 15) is 4.79 Å². The van der Waals surface area contributed by atoms with Gasteiger partial charge >= 0.3 is 0 Å². The highest BCUT2D eigenvalue weighted by Crippen LogP contribution is 2.15. The minimum absolute atomic E-state index is 0.0176. The van der Waals surface area contributed by atoms with Crippen molar-refractivity contribution in [2.24, 2.45) is 7.05 Å². The molecule has 0 aliphatic carbocycles. The van der Waals surface area contributed by atoms with Gasteiger partial charge in [-0.25, -0.2) is 4.98 Å². The summed E-state index contributed by atoms with van der Waals surface area (Å²) in [6.45, 7) is 2.89. The average molecular weight is 295 g/mol. The number of aryl methyl sites for hydroxylation is 1. The number of hydrogen-bond donors (Lipinski definition) is 0. The third kappa shape index (κ3) is 2.66. The summed E-state index contributed by atoms with van der Waals surface area (Å²) in [6, 6.07) is 8.84. The molecule has 2 heterocycles. The van der Waals surface area contributed by atoms with Gasteiger partial charge in [-0.2, -0.15) is 5.26 Å². The first-order chi connectivity index (χ1) is 10.7. The van der Waals surface area contributed by atoms with Crippen LogP contribution >= 0.6 is 0 Å². The monoisotopic (exact) mass is 295 g/mol. The Morgan fingerprint density at radius 2 is 1.86 bits per heavy atom.